The van der Waals surface area contributed by atoms with Crippen molar-refractivity contribution < 1.29 is 24.2 Å². The van der Waals surface area contributed by atoms with Gasteiger partial charge < -0.3 is 9.84 Å². The Balaban J connectivity index is 2.05. The second-order valence-electron chi connectivity index (χ2n) is 6.43. The van der Waals surface area contributed by atoms with Crippen molar-refractivity contribution >= 4 is 29.6 Å². The first-order valence-electron chi connectivity index (χ1n) is 8.76. The van der Waals surface area contributed by atoms with E-state index in [4.69, 9.17) is 4.74 Å². The first kappa shape index (κ1) is 19.2. The highest BCUT2D eigenvalue weighted by atomic mass is 16.5. The van der Waals surface area contributed by atoms with Crippen molar-refractivity contribution in [2.75, 3.05) is 11.5 Å². The first-order valence-corrected chi connectivity index (χ1v) is 8.76. The number of para-hydroxylation sites is 1. The summed E-state index contributed by atoms with van der Waals surface area (Å²) in [5, 5.41) is 12.5. The van der Waals surface area contributed by atoms with Crippen LogP contribution in [0.15, 0.2) is 42.0 Å². The van der Waals surface area contributed by atoms with Crippen LogP contribution in [0, 0.1) is 13.8 Å². The van der Waals surface area contributed by atoms with E-state index in [1.165, 1.54) is 6.08 Å². The van der Waals surface area contributed by atoms with E-state index in [2.05, 4.69) is 5.32 Å². The highest BCUT2D eigenvalue weighted by Crippen LogP contribution is 2.32. The van der Waals surface area contributed by atoms with E-state index in [-0.39, 0.29) is 22.6 Å². The summed E-state index contributed by atoms with van der Waals surface area (Å²) in [4.78, 5) is 38.5. The van der Waals surface area contributed by atoms with Gasteiger partial charge in [0.15, 0.2) is 11.5 Å². The fraction of sp³-hybridized carbons (Fsp3) is 0.190. The molecule has 0 bridgehead atoms. The summed E-state index contributed by atoms with van der Waals surface area (Å²) in [5.74, 6) is -1.54. The van der Waals surface area contributed by atoms with E-state index in [1.54, 1.807) is 37.3 Å². The topological polar surface area (TPSA) is 95.9 Å². The maximum Gasteiger partial charge on any atom is 0.335 e. The third kappa shape index (κ3) is 3.59. The molecule has 0 aliphatic carbocycles. The number of urea groups is 1. The van der Waals surface area contributed by atoms with Crippen molar-refractivity contribution in [3.8, 4) is 11.5 Å². The molecule has 144 valence electrons. The number of phenols is 1. The van der Waals surface area contributed by atoms with Crippen LogP contribution < -0.4 is 15.0 Å². The third-order valence-corrected chi connectivity index (χ3v) is 4.20. The molecule has 0 spiro atoms. The molecule has 2 aromatic rings. The quantitative estimate of drug-likeness (QED) is 0.628. The van der Waals surface area contributed by atoms with Gasteiger partial charge in [-0.05, 0) is 56.2 Å². The molecule has 1 aliphatic heterocycles. The summed E-state index contributed by atoms with van der Waals surface area (Å²) in [6.07, 6.45) is 1.25. The van der Waals surface area contributed by atoms with E-state index >= 15 is 0 Å². The van der Waals surface area contributed by atoms with Gasteiger partial charge in [-0.25, -0.2) is 9.69 Å². The summed E-state index contributed by atoms with van der Waals surface area (Å²) in [6, 6.07) is 9.22. The fourth-order valence-corrected chi connectivity index (χ4v) is 3.05. The van der Waals surface area contributed by atoms with Gasteiger partial charge in [0, 0.05) is 5.56 Å². The van der Waals surface area contributed by atoms with Gasteiger partial charge in [-0.15, -0.1) is 0 Å². The number of aromatic hydroxyl groups is 1. The Kier molecular flexibility index (Phi) is 5.17. The Morgan fingerprint density at radius 2 is 1.79 bits per heavy atom. The molecule has 1 aliphatic rings. The van der Waals surface area contributed by atoms with Gasteiger partial charge in [0.25, 0.3) is 11.8 Å². The molecule has 1 heterocycles. The number of barbiturate groups is 1. The number of carbonyl (C=O) groups excluding carboxylic acids is 3. The van der Waals surface area contributed by atoms with Crippen LogP contribution in [0.4, 0.5) is 10.5 Å². The molecule has 0 radical (unpaired) electrons. The van der Waals surface area contributed by atoms with Crippen molar-refractivity contribution in [1.29, 1.82) is 0 Å². The Labute approximate surface area is 162 Å². The van der Waals surface area contributed by atoms with Crippen LogP contribution in [0.25, 0.3) is 6.08 Å². The summed E-state index contributed by atoms with van der Waals surface area (Å²) in [7, 11) is 0. The molecule has 3 rings (SSSR count). The minimum atomic E-state index is -0.822. The molecule has 7 nitrogen and oxygen atoms in total. The lowest BCUT2D eigenvalue weighted by atomic mass is 10.0. The van der Waals surface area contributed by atoms with E-state index < -0.39 is 17.8 Å². The molecule has 0 unspecified atom stereocenters. The van der Waals surface area contributed by atoms with Crippen LogP contribution in [-0.2, 0) is 9.59 Å². The molecule has 1 fully saturated rings. The van der Waals surface area contributed by atoms with Gasteiger partial charge >= 0.3 is 6.03 Å². The van der Waals surface area contributed by atoms with Crippen LogP contribution in [0.1, 0.15) is 23.6 Å². The predicted molar refractivity (Wildman–Crippen MR) is 104 cm³/mol. The number of hydrogen-bond acceptors (Lipinski definition) is 5. The fourth-order valence-electron chi connectivity index (χ4n) is 3.05. The molecule has 2 N–H and O–H groups in total. The monoisotopic (exact) mass is 380 g/mol. The number of anilines is 1. The molecular formula is C21H20N2O5. The smallest absolute Gasteiger partial charge is 0.335 e. The number of hydrogen-bond donors (Lipinski definition) is 2. The third-order valence-electron chi connectivity index (χ3n) is 4.20. The van der Waals surface area contributed by atoms with Gasteiger partial charge in [-0.1, -0.05) is 18.2 Å². The molecule has 2 aromatic carbocycles. The minimum Gasteiger partial charge on any atom is -0.504 e. The number of aryl methyl sites for hydroxylation is 2. The van der Waals surface area contributed by atoms with Crippen LogP contribution in [0.3, 0.4) is 0 Å². The van der Waals surface area contributed by atoms with Crippen LogP contribution in [0.5, 0.6) is 11.5 Å². The average molecular weight is 380 g/mol. The minimum absolute atomic E-state index is 0.188. The molecule has 0 atom stereocenters. The van der Waals surface area contributed by atoms with Gasteiger partial charge in [-0.3, -0.25) is 14.9 Å². The number of nitrogens with one attached hydrogen (secondary N) is 1. The summed E-state index contributed by atoms with van der Waals surface area (Å²) in [6.45, 7) is 5.82. The van der Waals surface area contributed by atoms with Crippen molar-refractivity contribution in [3.63, 3.8) is 0 Å². The van der Waals surface area contributed by atoms with Gasteiger partial charge in [0.1, 0.15) is 5.57 Å². The Morgan fingerprint density at radius 3 is 2.43 bits per heavy atom. The predicted octanol–water partition coefficient (Wildman–Crippen LogP) is 3.07. The van der Waals surface area contributed by atoms with Gasteiger partial charge in [-0.2, -0.15) is 0 Å². The highest BCUT2D eigenvalue weighted by Gasteiger charge is 2.37. The number of imide groups is 2. The summed E-state index contributed by atoms with van der Waals surface area (Å²) >= 11 is 0. The van der Waals surface area contributed by atoms with E-state index in [0.29, 0.717) is 12.3 Å². The zero-order valence-corrected chi connectivity index (χ0v) is 15.8. The second kappa shape index (κ2) is 7.56. The zero-order chi connectivity index (χ0) is 20.4. The standard InChI is InChI=1S/C21H20N2O5/c1-4-28-17-7-5-6-14(18(17)24)11-16-19(25)22-21(27)23(20(16)26)15-9-12(2)8-13(3)10-15/h5-11,24H,4H2,1-3H3,(H,22,25,27)/b16-11+. The molecule has 0 aromatic heterocycles. The Morgan fingerprint density at radius 1 is 1.11 bits per heavy atom. The van der Waals surface area contributed by atoms with Crippen LogP contribution in [-0.4, -0.2) is 29.6 Å². The van der Waals surface area contributed by atoms with Crippen molar-refractivity contribution in [1.82, 2.24) is 5.32 Å². The average Bonchev–Trinajstić information content (AvgIpc) is 2.60. The number of nitrogens with zero attached hydrogens (tertiary/aromatic N) is 1. The molecule has 4 amide bonds. The SMILES string of the molecule is CCOc1cccc(/C=C2\C(=O)NC(=O)N(c3cc(C)cc(C)c3)C2=O)c1O. The Bertz CT molecular complexity index is 990. The lowest BCUT2D eigenvalue weighted by Gasteiger charge is -2.27. The van der Waals surface area contributed by atoms with Crippen molar-refractivity contribution in [2.45, 2.75) is 20.8 Å². The number of amides is 4. The lowest BCUT2D eigenvalue weighted by molar-refractivity contribution is -0.122. The van der Waals surface area contributed by atoms with E-state index in [1.807, 2.05) is 19.9 Å². The zero-order valence-electron chi connectivity index (χ0n) is 15.8. The van der Waals surface area contributed by atoms with Gasteiger partial charge in [0.05, 0.1) is 12.3 Å². The molecule has 0 saturated carbocycles. The van der Waals surface area contributed by atoms with Crippen LogP contribution >= 0.6 is 0 Å². The normalized spacial score (nSPS) is 15.8. The second-order valence-corrected chi connectivity index (χ2v) is 6.43. The van der Waals surface area contributed by atoms with Crippen LogP contribution in [0.2, 0.25) is 0 Å². The maximum atomic E-state index is 13.0. The molecular weight excluding hydrogens is 360 g/mol. The number of benzene rings is 2. The summed E-state index contributed by atoms with van der Waals surface area (Å²) in [5.41, 5.74) is 2.09. The van der Waals surface area contributed by atoms with E-state index in [9.17, 15) is 19.5 Å². The number of ether oxygens (including phenoxy) is 1. The van der Waals surface area contributed by atoms with Crippen molar-refractivity contribution in [2.24, 2.45) is 0 Å². The molecule has 1 saturated heterocycles. The Hall–Kier alpha value is -3.61. The number of rotatable bonds is 4. The maximum absolute atomic E-state index is 13.0. The molecule has 28 heavy (non-hydrogen) atoms. The molecule has 7 heteroatoms. The first-order chi connectivity index (χ1) is 13.3. The lowest BCUT2D eigenvalue weighted by Crippen LogP contribution is -2.54. The number of carbonyl (C=O) groups is 3. The highest BCUT2D eigenvalue weighted by molar-refractivity contribution is 6.39. The largest absolute Gasteiger partial charge is 0.504 e. The number of phenolic OH excluding ortho intramolecular Hbond substituents is 1. The van der Waals surface area contributed by atoms with Gasteiger partial charge in [0.2, 0.25) is 0 Å². The van der Waals surface area contributed by atoms with E-state index in [0.717, 1.165) is 16.0 Å². The summed E-state index contributed by atoms with van der Waals surface area (Å²) < 4.78 is 5.32. The van der Waals surface area contributed by atoms with Crippen molar-refractivity contribution in [3.05, 3.63) is 58.7 Å².